The second-order valence-corrected chi connectivity index (χ2v) is 7.83. The summed E-state index contributed by atoms with van der Waals surface area (Å²) in [7, 11) is -3.41. The van der Waals surface area contributed by atoms with Crippen LogP contribution in [0.15, 0.2) is 23.1 Å². The molecule has 22 heavy (non-hydrogen) atoms. The van der Waals surface area contributed by atoms with E-state index >= 15 is 0 Å². The van der Waals surface area contributed by atoms with E-state index in [2.05, 4.69) is 5.32 Å². The highest BCUT2D eigenvalue weighted by molar-refractivity contribution is 7.90. The van der Waals surface area contributed by atoms with E-state index < -0.39 is 27.1 Å². The molecular weight excluding hydrogens is 306 g/mol. The van der Waals surface area contributed by atoms with Crippen LogP contribution in [0, 0.1) is 5.41 Å². The van der Waals surface area contributed by atoms with Gasteiger partial charge in [0, 0.05) is 18.4 Å². The molecule has 1 aromatic rings. The molecule has 0 atom stereocenters. The van der Waals surface area contributed by atoms with Crippen molar-refractivity contribution in [1.29, 1.82) is 0 Å². The minimum Gasteiger partial charge on any atom is -0.481 e. The third-order valence-corrected chi connectivity index (χ3v) is 4.52. The number of aliphatic carboxylic acids is 1. The van der Waals surface area contributed by atoms with Gasteiger partial charge >= 0.3 is 5.97 Å². The Morgan fingerprint density at radius 1 is 1.27 bits per heavy atom. The van der Waals surface area contributed by atoms with Crippen molar-refractivity contribution in [1.82, 2.24) is 5.32 Å². The molecule has 1 amide bonds. The molecule has 0 saturated carbocycles. The second-order valence-electron chi connectivity index (χ2n) is 5.82. The first-order valence-corrected chi connectivity index (χ1v) is 8.72. The fraction of sp³-hybridized carbons (Fsp3) is 0.467. The first kappa shape index (κ1) is 18.2. The van der Waals surface area contributed by atoms with E-state index in [0.717, 1.165) is 6.26 Å². The maximum Gasteiger partial charge on any atom is 0.310 e. The molecule has 0 spiro atoms. The summed E-state index contributed by atoms with van der Waals surface area (Å²) in [6.45, 7) is 4.81. The first-order valence-electron chi connectivity index (χ1n) is 6.83. The summed E-state index contributed by atoms with van der Waals surface area (Å²) in [5.74, 6) is -1.50. The van der Waals surface area contributed by atoms with Crippen molar-refractivity contribution in [2.45, 2.75) is 32.1 Å². The number of aryl methyl sites for hydroxylation is 1. The normalized spacial score (nSPS) is 12.0. The van der Waals surface area contributed by atoms with Gasteiger partial charge in [-0.2, -0.15) is 0 Å². The van der Waals surface area contributed by atoms with Gasteiger partial charge in [0.25, 0.3) is 5.91 Å². The highest BCUT2D eigenvalue weighted by Crippen LogP contribution is 2.18. The Balaban J connectivity index is 3.09. The van der Waals surface area contributed by atoms with Gasteiger partial charge < -0.3 is 10.4 Å². The van der Waals surface area contributed by atoms with Crippen molar-refractivity contribution in [3.63, 3.8) is 0 Å². The number of rotatable bonds is 6. The summed E-state index contributed by atoms with van der Waals surface area (Å²) in [5, 5.41) is 11.6. The molecule has 0 saturated heterocycles. The molecule has 122 valence electrons. The standard InChI is InChI=1S/C15H21NO5S/c1-5-10-6-7-11(22(4,20)21)8-12(10)13(17)16-9-15(2,3)14(18)19/h6-8H,5,9H2,1-4H3,(H,16,17)(H,18,19). The summed E-state index contributed by atoms with van der Waals surface area (Å²) in [5.41, 5.74) is -0.138. The molecule has 7 heteroatoms. The van der Waals surface area contributed by atoms with Crippen molar-refractivity contribution in [3.05, 3.63) is 29.3 Å². The number of carboxylic acids is 1. The first-order chi connectivity index (χ1) is 9.99. The predicted molar refractivity (Wildman–Crippen MR) is 82.7 cm³/mol. The minimum atomic E-state index is -3.41. The summed E-state index contributed by atoms with van der Waals surface area (Å²) in [6, 6.07) is 4.40. The van der Waals surface area contributed by atoms with Crippen LogP contribution in [-0.2, 0) is 21.1 Å². The van der Waals surface area contributed by atoms with Gasteiger partial charge in [-0.3, -0.25) is 9.59 Å². The van der Waals surface area contributed by atoms with E-state index in [1.54, 1.807) is 6.07 Å². The molecule has 0 radical (unpaired) electrons. The molecule has 6 nitrogen and oxygen atoms in total. The van der Waals surface area contributed by atoms with Crippen LogP contribution in [0.5, 0.6) is 0 Å². The van der Waals surface area contributed by atoms with Crippen LogP contribution in [0.3, 0.4) is 0 Å². The Bertz CT molecular complexity index is 692. The zero-order valence-corrected chi connectivity index (χ0v) is 14.0. The third-order valence-electron chi connectivity index (χ3n) is 3.40. The number of carbonyl (C=O) groups is 2. The van der Waals surface area contributed by atoms with Gasteiger partial charge in [0.1, 0.15) is 0 Å². The van der Waals surface area contributed by atoms with Crippen molar-refractivity contribution in [2.75, 3.05) is 12.8 Å². The van der Waals surface area contributed by atoms with Crippen molar-refractivity contribution < 1.29 is 23.1 Å². The lowest BCUT2D eigenvalue weighted by Crippen LogP contribution is -2.39. The Morgan fingerprint density at radius 2 is 1.86 bits per heavy atom. The van der Waals surface area contributed by atoms with Crippen LogP contribution in [-0.4, -0.2) is 38.2 Å². The average molecular weight is 327 g/mol. The maximum atomic E-state index is 12.3. The highest BCUT2D eigenvalue weighted by atomic mass is 32.2. The SMILES string of the molecule is CCc1ccc(S(C)(=O)=O)cc1C(=O)NCC(C)(C)C(=O)O. The van der Waals surface area contributed by atoms with Crippen molar-refractivity contribution in [3.8, 4) is 0 Å². The summed E-state index contributed by atoms with van der Waals surface area (Å²) < 4.78 is 23.2. The predicted octanol–water partition coefficient (Wildman–Crippen LogP) is 1.49. The zero-order chi connectivity index (χ0) is 17.1. The van der Waals surface area contributed by atoms with E-state index in [-0.39, 0.29) is 17.0 Å². The van der Waals surface area contributed by atoms with Crippen LogP contribution in [0.4, 0.5) is 0 Å². The Hall–Kier alpha value is -1.89. The van der Waals surface area contributed by atoms with E-state index in [1.807, 2.05) is 6.92 Å². The average Bonchev–Trinajstić information content (AvgIpc) is 2.42. The van der Waals surface area contributed by atoms with Crippen LogP contribution in [0.25, 0.3) is 0 Å². The van der Waals surface area contributed by atoms with Gasteiger partial charge in [-0.1, -0.05) is 13.0 Å². The number of carboxylic acid groups (broad SMARTS) is 1. The lowest BCUT2D eigenvalue weighted by molar-refractivity contribution is -0.146. The molecule has 0 unspecified atom stereocenters. The molecule has 1 rings (SSSR count). The van der Waals surface area contributed by atoms with Crippen LogP contribution < -0.4 is 5.32 Å². The quantitative estimate of drug-likeness (QED) is 0.824. The summed E-state index contributed by atoms with van der Waals surface area (Å²) in [4.78, 5) is 23.4. The topological polar surface area (TPSA) is 101 Å². The lowest BCUT2D eigenvalue weighted by Gasteiger charge is -2.20. The van der Waals surface area contributed by atoms with Crippen LogP contribution in [0.2, 0.25) is 0 Å². The molecule has 0 aromatic heterocycles. The lowest BCUT2D eigenvalue weighted by atomic mass is 9.93. The second kappa shape index (κ2) is 6.48. The number of hydrogen-bond acceptors (Lipinski definition) is 4. The molecule has 0 aliphatic carbocycles. The largest absolute Gasteiger partial charge is 0.481 e. The molecule has 0 aliphatic heterocycles. The molecule has 0 aliphatic rings. The zero-order valence-electron chi connectivity index (χ0n) is 13.1. The van der Waals surface area contributed by atoms with E-state index in [4.69, 9.17) is 5.11 Å². The van der Waals surface area contributed by atoms with Crippen LogP contribution >= 0.6 is 0 Å². The van der Waals surface area contributed by atoms with Crippen molar-refractivity contribution in [2.24, 2.45) is 5.41 Å². The summed E-state index contributed by atoms with van der Waals surface area (Å²) >= 11 is 0. The number of sulfone groups is 1. The molecule has 1 aromatic carbocycles. The Morgan fingerprint density at radius 3 is 2.32 bits per heavy atom. The number of benzene rings is 1. The van der Waals surface area contributed by atoms with Crippen molar-refractivity contribution >= 4 is 21.7 Å². The number of hydrogen-bond donors (Lipinski definition) is 2. The number of amides is 1. The van der Waals surface area contributed by atoms with E-state index in [9.17, 15) is 18.0 Å². The Kier molecular flexibility index (Phi) is 5.35. The fourth-order valence-electron chi connectivity index (χ4n) is 1.78. The number of carbonyl (C=O) groups excluding carboxylic acids is 1. The third kappa shape index (κ3) is 4.30. The smallest absolute Gasteiger partial charge is 0.310 e. The van der Waals surface area contributed by atoms with E-state index in [1.165, 1.54) is 26.0 Å². The fourth-order valence-corrected chi connectivity index (χ4v) is 2.43. The van der Waals surface area contributed by atoms with Crippen LogP contribution in [0.1, 0.15) is 36.7 Å². The van der Waals surface area contributed by atoms with Gasteiger partial charge in [0.05, 0.1) is 10.3 Å². The van der Waals surface area contributed by atoms with Gasteiger partial charge in [-0.15, -0.1) is 0 Å². The molecule has 0 fully saturated rings. The number of nitrogens with one attached hydrogen (secondary N) is 1. The van der Waals surface area contributed by atoms with Gasteiger partial charge in [0.15, 0.2) is 9.84 Å². The molecular formula is C15H21NO5S. The molecule has 2 N–H and O–H groups in total. The van der Waals surface area contributed by atoms with E-state index in [0.29, 0.717) is 12.0 Å². The van der Waals surface area contributed by atoms with Gasteiger partial charge in [-0.05, 0) is 38.0 Å². The summed E-state index contributed by atoms with van der Waals surface area (Å²) in [6.07, 6.45) is 1.64. The van der Waals surface area contributed by atoms with Gasteiger partial charge in [0.2, 0.25) is 0 Å². The minimum absolute atomic E-state index is 0.0482. The maximum absolute atomic E-state index is 12.3. The molecule has 0 heterocycles. The Labute approximate surface area is 130 Å². The monoisotopic (exact) mass is 327 g/mol. The molecule has 0 bridgehead atoms. The van der Waals surface area contributed by atoms with Gasteiger partial charge in [-0.25, -0.2) is 8.42 Å². The highest BCUT2D eigenvalue weighted by Gasteiger charge is 2.28.